The number of amides is 2. The first-order valence-electron chi connectivity index (χ1n) is 7.81. The number of anilines is 1. The molecule has 0 spiro atoms. The molecule has 7 heteroatoms. The number of hydrogen-bond acceptors (Lipinski definition) is 5. The van der Waals surface area contributed by atoms with E-state index in [1.54, 1.807) is 18.5 Å². The lowest BCUT2D eigenvalue weighted by molar-refractivity contribution is -0.129. The summed E-state index contributed by atoms with van der Waals surface area (Å²) in [5.74, 6) is 0.908. The van der Waals surface area contributed by atoms with Gasteiger partial charge < -0.3 is 15.1 Å². The molecule has 22 heavy (non-hydrogen) atoms. The summed E-state index contributed by atoms with van der Waals surface area (Å²) >= 11 is 0. The van der Waals surface area contributed by atoms with Gasteiger partial charge in [0.05, 0.1) is 5.92 Å². The molecular weight excluding hydrogens is 282 g/mol. The lowest BCUT2D eigenvalue weighted by Crippen LogP contribution is -2.39. The number of carbonyl (C=O) groups is 2. The lowest BCUT2D eigenvalue weighted by Gasteiger charge is -2.18. The van der Waals surface area contributed by atoms with Crippen LogP contribution in [0.1, 0.15) is 19.3 Å². The Kier molecular flexibility index (Phi) is 4.50. The summed E-state index contributed by atoms with van der Waals surface area (Å²) in [6.45, 7) is 3.41. The van der Waals surface area contributed by atoms with Gasteiger partial charge in [-0.1, -0.05) is 0 Å². The quantitative estimate of drug-likeness (QED) is 0.831. The molecule has 0 aliphatic carbocycles. The highest BCUT2D eigenvalue weighted by atomic mass is 16.2. The molecule has 1 atom stereocenters. The second kappa shape index (κ2) is 6.72. The van der Waals surface area contributed by atoms with E-state index >= 15 is 0 Å². The van der Waals surface area contributed by atoms with E-state index in [4.69, 9.17) is 0 Å². The molecule has 7 nitrogen and oxygen atoms in total. The molecular formula is C15H21N5O2. The van der Waals surface area contributed by atoms with Gasteiger partial charge in [0.15, 0.2) is 0 Å². The van der Waals surface area contributed by atoms with Gasteiger partial charge in [-0.3, -0.25) is 9.59 Å². The van der Waals surface area contributed by atoms with Crippen LogP contribution in [-0.2, 0) is 9.59 Å². The van der Waals surface area contributed by atoms with Crippen molar-refractivity contribution in [1.29, 1.82) is 0 Å². The van der Waals surface area contributed by atoms with Crippen molar-refractivity contribution in [3.8, 4) is 0 Å². The molecule has 2 aliphatic rings. The van der Waals surface area contributed by atoms with E-state index in [1.165, 1.54) is 0 Å². The van der Waals surface area contributed by atoms with Crippen LogP contribution in [0.4, 0.5) is 5.95 Å². The minimum atomic E-state index is -0.0296. The summed E-state index contributed by atoms with van der Waals surface area (Å²) in [5.41, 5.74) is 0. The van der Waals surface area contributed by atoms with Crippen LogP contribution < -0.4 is 10.2 Å². The molecule has 0 bridgehead atoms. The van der Waals surface area contributed by atoms with Gasteiger partial charge in [-0.05, 0) is 18.9 Å². The van der Waals surface area contributed by atoms with Crippen LogP contribution in [0.2, 0.25) is 0 Å². The van der Waals surface area contributed by atoms with E-state index in [-0.39, 0.29) is 17.7 Å². The van der Waals surface area contributed by atoms with E-state index < -0.39 is 0 Å². The summed E-state index contributed by atoms with van der Waals surface area (Å²) in [7, 11) is 0. The summed E-state index contributed by atoms with van der Waals surface area (Å²) in [6, 6.07) is 1.78. The summed E-state index contributed by atoms with van der Waals surface area (Å²) < 4.78 is 0. The standard InChI is InChI=1S/C15H21N5O2/c21-13-3-1-8-19(13)10-7-16-14(22)12-4-9-20(11-12)15-17-5-2-6-18-15/h2,5-6,12H,1,3-4,7-11H2,(H,16,22). The fourth-order valence-electron chi connectivity index (χ4n) is 3.01. The average Bonchev–Trinajstić information content (AvgIpc) is 3.18. The smallest absolute Gasteiger partial charge is 0.225 e. The Morgan fingerprint density at radius 1 is 1.32 bits per heavy atom. The van der Waals surface area contributed by atoms with E-state index in [0.717, 1.165) is 25.9 Å². The maximum Gasteiger partial charge on any atom is 0.225 e. The first kappa shape index (κ1) is 14.7. The van der Waals surface area contributed by atoms with Crippen LogP contribution in [0.15, 0.2) is 18.5 Å². The maximum atomic E-state index is 12.2. The van der Waals surface area contributed by atoms with Crippen LogP contribution in [0.5, 0.6) is 0 Å². The average molecular weight is 303 g/mol. The number of hydrogen-bond donors (Lipinski definition) is 1. The van der Waals surface area contributed by atoms with E-state index in [0.29, 0.717) is 32.0 Å². The van der Waals surface area contributed by atoms with Gasteiger partial charge in [-0.25, -0.2) is 9.97 Å². The zero-order chi connectivity index (χ0) is 15.4. The molecule has 0 saturated carbocycles. The zero-order valence-electron chi connectivity index (χ0n) is 12.6. The van der Waals surface area contributed by atoms with Crippen molar-refractivity contribution in [2.45, 2.75) is 19.3 Å². The molecule has 3 rings (SSSR count). The van der Waals surface area contributed by atoms with Crippen molar-refractivity contribution in [3.05, 3.63) is 18.5 Å². The fourth-order valence-corrected chi connectivity index (χ4v) is 3.01. The number of aromatic nitrogens is 2. The van der Waals surface area contributed by atoms with Gasteiger partial charge >= 0.3 is 0 Å². The van der Waals surface area contributed by atoms with Crippen LogP contribution in [-0.4, -0.2) is 59.4 Å². The topological polar surface area (TPSA) is 78.4 Å². The minimum Gasteiger partial charge on any atom is -0.354 e. The highest BCUT2D eigenvalue weighted by Crippen LogP contribution is 2.20. The Balaban J connectivity index is 1.42. The number of carbonyl (C=O) groups excluding carboxylic acids is 2. The van der Waals surface area contributed by atoms with Crippen LogP contribution in [0, 0.1) is 5.92 Å². The number of rotatable bonds is 5. The maximum absolute atomic E-state index is 12.2. The Bertz CT molecular complexity index is 536. The second-order valence-electron chi connectivity index (χ2n) is 5.76. The van der Waals surface area contributed by atoms with Crippen LogP contribution >= 0.6 is 0 Å². The SMILES string of the molecule is O=C(NCCN1CCCC1=O)C1CCN(c2ncccn2)C1. The van der Waals surface area contributed by atoms with Gasteiger partial charge in [-0.2, -0.15) is 0 Å². The predicted molar refractivity (Wildman–Crippen MR) is 81.2 cm³/mol. The van der Waals surface area contributed by atoms with Gasteiger partial charge in [-0.15, -0.1) is 0 Å². The number of nitrogens with one attached hydrogen (secondary N) is 1. The predicted octanol–water partition coefficient (Wildman–Crippen LogP) is 0.0415. The second-order valence-corrected chi connectivity index (χ2v) is 5.76. The summed E-state index contributed by atoms with van der Waals surface area (Å²) in [4.78, 5) is 36.0. The fraction of sp³-hybridized carbons (Fsp3) is 0.600. The van der Waals surface area contributed by atoms with Gasteiger partial charge in [0.2, 0.25) is 17.8 Å². The van der Waals surface area contributed by atoms with Gasteiger partial charge in [0.25, 0.3) is 0 Å². The Morgan fingerprint density at radius 3 is 2.86 bits per heavy atom. The van der Waals surface area contributed by atoms with E-state index in [9.17, 15) is 9.59 Å². The molecule has 2 fully saturated rings. The van der Waals surface area contributed by atoms with Crippen LogP contribution in [0.25, 0.3) is 0 Å². The third-order valence-electron chi connectivity index (χ3n) is 4.25. The summed E-state index contributed by atoms with van der Waals surface area (Å²) in [5, 5.41) is 2.94. The molecule has 0 aromatic carbocycles. The normalized spacial score (nSPS) is 21.5. The minimum absolute atomic E-state index is 0.0296. The third-order valence-corrected chi connectivity index (χ3v) is 4.25. The molecule has 1 unspecified atom stereocenters. The van der Waals surface area contributed by atoms with Gasteiger partial charge in [0, 0.05) is 51.5 Å². The number of nitrogens with zero attached hydrogens (tertiary/aromatic N) is 4. The molecule has 1 N–H and O–H groups in total. The van der Waals surface area contributed by atoms with Crippen molar-refractivity contribution >= 4 is 17.8 Å². The van der Waals surface area contributed by atoms with Crippen molar-refractivity contribution in [3.63, 3.8) is 0 Å². The molecule has 2 saturated heterocycles. The molecule has 1 aromatic heterocycles. The lowest BCUT2D eigenvalue weighted by atomic mass is 10.1. The third kappa shape index (κ3) is 3.35. The molecule has 3 heterocycles. The molecule has 1 aromatic rings. The van der Waals surface area contributed by atoms with Crippen molar-refractivity contribution in [2.75, 3.05) is 37.6 Å². The Morgan fingerprint density at radius 2 is 2.14 bits per heavy atom. The largest absolute Gasteiger partial charge is 0.354 e. The van der Waals surface area contributed by atoms with E-state index in [1.807, 2.05) is 9.80 Å². The van der Waals surface area contributed by atoms with Gasteiger partial charge in [0.1, 0.15) is 0 Å². The molecule has 2 amide bonds. The highest BCUT2D eigenvalue weighted by Gasteiger charge is 2.29. The first-order chi connectivity index (χ1) is 10.7. The Labute approximate surface area is 129 Å². The van der Waals surface area contributed by atoms with E-state index in [2.05, 4.69) is 15.3 Å². The monoisotopic (exact) mass is 303 g/mol. The highest BCUT2D eigenvalue weighted by molar-refractivity contribution is 5.80. The van der Waals surface area contributed by atoms with Crippen molar-refractivity contribution in [2.24, 2.45) is 5.92 Å². The molecule has 118 valence electrons. The van der Waals surface area contributed by atoms with Crippen LogP contribution in [0.3, 0.4) is 0 Å². The Hall–Kier alpha value is -2.18. The van der Waals surface area contributed by atoms with Crippen molar-refractivity contribution in [1.82, 2.24) is 20.2 Å². The first-order valence-corrected chi connectivity index (χ1v) is 7.81. The molecule has 2 aliphatic heterocycles. The summed E-state index contributed by atoms with van der Waals surface area (Å²) in [6.07, 6.45) is 5.81. The zero-order valence-corrected chi connectivity index (χ0v) is 12.6. The number of likely N-dealkylation sites (tertiary alicyclic amines) is 1. The van der Waals surface area contributed by atoms with Crippen molar-refractivity contribution < 1.29 is 9.59 Å². The molecule has 0 radical (unpaired) electrons.